The number of H-pyrrole nitrogens is 1. The summed E-state index contributed by atoms with van der Waals surface area (Å²) < 4.78 is 11.1. The van der Waals surface area contributed by atoms with Gasteiger partial charge in [0.25, 0.3) is 11.5 Å². The molecule has 3 rings (SSSR count). The van der Waals surface area contributed by atoms with E-state index in [1.807, 2.05) is 24.3 Å². The second-order valence-corrected chi connectivity index (χ2v) is 6.29. The summed E-state index contributed by atoms with van der Waals surface area (Å²) >= 11 is 0. The fourth-order valence-electron chi connectivity index (χ4n) is 3.01. The number of aromatic nitrogens is 2. The average Bonchev–Trinajstić information content (AvgIpc) is 2.72. The van der Waals surface area contributed by atoms with Crippen LogP contribution >= 0.6 is 0 Å². The zero-order valence-electron chi connectivity index (χ0n) is 15.4. The summed E-state index contributed by atoms with van der Waals surface area (Å²) in [6.45, 7) is 4.43. The van der Waals surface area contributed by atoms with E-state index in [0.29, 0.717) is 19.7 Å². The lowest BCUT2D eigenvalue weighted by Gasteiger charge is -2.34. The molecule has 2 heterocycles. The second-order valence-electron chi connectivity index (χ2n) is 6.29. The molecule has 1 aromatic carbocycles. The summed E-state index contributed by atoms with van der Waals surface area (Å²) in [5.41, 5.74) is -0.0417. The molecular formula is C19H24N4O4. The van der Waals surface area contributed by atoms with Crippen molar-refractivity contribution in [3.05, 3.63) is 52.4 Å². The minimum Gasteiger partial charge on any atom is -0.493 e. The highest BCUT2D eigenvalue weighted by Gasteiger charge is 2.22. The molecule has 1 fully saturated rings. The van der Waals surface area contributed by atoms with Gasteiger partial charge in [-0.15, -0.1) is 0 Å². The molecule has 0 atom stereocenters. The molecule has 2 aromatic rings. The van der Waals surface area contributed by atoms with Crippen molar-refractivity contribution in [2.45, 2.75) is 6.42 Å². The van der Waals surface area contributed by atoms with Gasteiger partial charge in [-0.25, -0.2) is 5.10 Å². The molecular weight excluding hydrogens is 348 g/mol. The number of methoxy groups -OCH3 is 1. The smallest absolute Gasteiger partial charge is 0.274 e. The van der Waals surface area contributed by atoms with Gasteiger partial charge in [-0.05, 0) is 24.6 Å². The number of rotatable bonds is 7. The predicted molar refractivity (Wildman–Crippen MR) is 100 cm³/mol. The van der Waals surface area contributed by atoms with E-state index in [-0.39, 0.29) is 17.2 Å². The first-order valence-electron chi connectivity index (χ1n) is 9.00. The third-order valence-corrected chi connectivity index (χ3v) is 4.50. The van der Waals surface area contributed by atoms with Crippen molar-refractivity contribution in [2.75, 3.05) is 46.4 Å². The lowest BCUT2D eigenvalue weighted by molar-refractivity contribution is 0.0623. The van der Waals surface area contributed by atoms with Gasteiger partial charge in [0.15, 0.2) is 11.5 Å². The van der Waals surface area contributed by atoms with E-state index in [1.165, 1.54) is 12.1 Å². The first-order chi connectivity index (χ1) is 13.2. The molecule has 1 aromatic heterocycles. The van der Waals surface area contributed by atoms with Gasteiger partial charge in [0.2, 0.25) is 0 Å². The number of piperazine rings is 1. The maximum absolute atomic E-state index is 12.4. The molecule has 1 amide bonds. The van der Waals surface area contributed by atoms with E-state index in [9.17, 15) is 9.59 Å². The van der Waals surface area contributed by atoms with Crippen LogP contribution in [0.1, 0.15) is 16.9 Å². The Morgan fingerprint density at radius 3 is 2.52 bits per heavy atom. The number of nitrogens with zero attached hydrogens (tertiary/aromatic N) is 3. The van der Waals surface area contributed by atoms with Crippen LogP contribution in [0, 0.1) is 0 Å². The molecule has 1 aliphatic heterocycles. The van der Waals surface area contributed by atoms with Crippen LogP contribution in [0.4, 0.5) is 0 Å². The number of carbonyl (C=O) groups excluding carboxylic acids is 1. The van der Waals surface area contributed by atoms with Crippen molar-refractivity contribution < 1.29 is 14.3 Å². The number of ether oxygens (including phenoxy) is 2. The zero-order valence-corrected chi connectivity index (χ0v) is 15.4. The fraction of sp³-hybridized carbons (Fsp3) is 0.421. The van der Waals surface area contributed by atoms with E-state index in [2.05, 4.69) is 15.1 Å². The maximum Gasteiger partial charge on any atom is 0.274 e. The average molecular weight is 372 g/mol. The Labute approximate surface area is 157 Å². The number of hydrogen-bond donors (Lipinski definition) is 1. The number of amides is 1. The lowest BCUT2D eigenvalue weighted by Crippen LogP contribution is -2.49. The molecule has 0 unspecified atom stereocenters. The van der Waals surface area contributed by atoms with Crippen molar-refractivity contribution in [1.29, 1.82) is 0 Å². The Bertz CT molecular complexity index is 795. The van der Waals surface area contributed by atoms with Crippen molar-refractivity contribution >= 4 is 5.91 Å². The normalized spacial score (nSPS) is 14.8. The van der Waals surface area contributed by atoms with Gasteiger partial charge in [0.1, 0.15) is 5.69 Å². The van der Waals surface area contributed by atoms with E-state index >= 15 is 0 Å². The molecule has 0 aliphatic carbocycles. The van der Waals surface area contributed by atoms with Crippen LogP contribution in [0.15, 0.2) is 41.2 Å². The molecule has 27 heavy (non-hydrogen) atoms. The Hall–Kier alpha value is -2.87. The third kappa shape index (κ3) is 5.07. The zero-order chi connectivity index (χ0) is 19.1. The van der Waals surface area contributed by atoms with Gasteiger partial charge in [-0.1, -0.05) is 12.1 Å². The number of benzene rings is 1. The SMILES string of the molecule is COc1ccccc1OCCCN1CCN(C(=O)c2ccc(=O)[nH]n2)CC1. The van der Waals surface area contributed by atoms with E-state index in [4.69, 9.17) is 9.47 Å². The van der Waals surface area contributed by atoms with E-state index in [1.54, 1.807) is 12.0 Å². The maximum atomic E-state index is 12.4. The minimum atomic E-state index is -0.313. The van der Waals surface area contributed by atoms with Crippen LogP contribution in [-0.4, -0.2) is 72.3 Å². The van der Waals surface area contributed by atoms with Gasteiger partial charge in [-0.2, -0.15) is 5.10 Å². The molecule has 0 bridgehead atoms. The Morgan fingerprint density at radius 1 is 1.11 bits per heavy atom. The third-order valence-electron chi connectivity index (χ3n) is 4.50. The second kappa shape index (κ2) is 9.18. The Balaban J connectivity index is 1.39. The molecule has 144 valence electrons. The summed E-state index contributed by atoms with van der Waals surface area (Å²) in [4.78, 5) is 27.5. The number of nitrogens with one attached hydrogen (secondary N) is 1. The first-order valence-corrected chi connectivity index (χ1v) is 9.00. The minimum absolute atomic E-state index is 0.148. The first kappa shape index (κ1) is 18.9. The fourth-order valence-corrected chi connectivity index (χ4v) is 3.01. The van der Waals surface area contributed by atoms with E-state index < -0.39 is 0 Å². The van der Waals surface area contributed by atoms with Crippen LogP contribution in [0.2, 0.25) is 0 Å². The highest BCUT2D eigenvalue weighted by atomic mass is 16.5. The highest BCUT2D eigenvalue weighted by Crippen LogP contribution is 2.25. The molecule has 0 radical (unpaired) electrons. The summed E-state index contributed by atoms with van der Waals surface area (Å²) in [5, 5.41) is 6.11. The molecule has 1 N–H and O–H groups in total. The van der Waals surface area contributed by atoms with Crippen LogP contribution < -0.4 is 15.0 Å². The van der Waals surface area contributed by atoms with Crippen molar-refractivity contribution in [2.24, 2.45) is 0 Å². The molecule has 8 heteroatoms. The van der Waals surface area contributed by atoms with Crippen LogP contribution in [-0.2, 0) is 0 Å². The van der Waals surface area contributed by atoms with Gasteiger partial charge in [0.05, 0.1) is 13.7 Å². The van der Waals surface area contributed by atoms with Gasteiger partial charge in [-0.3, -0.25) is 14.5 Å². The molecule has 0 saturated carbocycles. The number of para-hydroxylation sites is 2. The number of carbonyl (C=O) groups is 1. The number of hydrogen-bond acceptors (Lipinski definition) is 6. The monoisotopic (exact) mass is 372 g/mol. The quantitative estimate of drug-likeness (QED) is 0.730. The standard InChI is InChI=1S/C19H24N4O4/c1-26-16-5-2-3-6-17(16)27-14-4-9-22-10-12-23(13-11-22)19(25)15-7-8-18(24)21-20-15/h2-3,5-8H,4,9-14H2,1H3,(H,21,24). The van der Waals surface area contributed by atoms with E-state index in [0.717, 1.165) is 37.6 Å². The Kier molecular flexibility index (Phi) is 6.43. The lowest BCUT2D eigenvalue weighted by atomic mass is 10.2. The summed E-state index contributed by atoms with van der Waals surface area (Å²) in [5.74, 6) is 1.34. The van der Waals surface area contributed by atoms with Gasteiger partial charge >= 0.3 is 0 Å². The summed E-state index contributed by atoms with van der Waals surface area (Å²) in [6.07, 6.45) is 0.896. The van der Waals surface area contributed by atoms with Crippen molar-refractivity contribution in [1.82, 2.24) is 20.0 Å². The molecule has 8 nitrogen and oxygen atoms in total. The van der Waals surface area contributed by atoms with Gasteiger partial charge < -0.3 is 14.4 Å². The summed E-state index contributed by atoms with van der Waals surface area (Å²) in [7, 11) is 1.63. The molecule has 0 spiro atoms. The molecule has 1 saturated heterocycles. The number of aromatic amines is 1. The van der Waals surface area contributed by atoms with Crippen molar-refractivity contribution in [3.63, 3.8) is 0 Å². The highest BCUT2D eigenvalue weighted by molar-refractivity contribution is 5.92. The summed E-state index contributed by atoms with van der Waals surface area (Å²) in [6, 6.07) is 10.4. The Morgan fingerprint density at radius 2 is 1.85 bits per heavy atom. The van der Waals surface area contributed by atoms with Crippen LogP contribution in [0.25, 0.3) is 0 Å². The van der Waals surface area contributed by atoms with Crippen molar-refractivity contribution in [3.8, 4) is 11.5 Å². The predicted octanol–water partition coefficient (Wildman–Crippen LogP) is 1.01. The van der Waals surface area contributed by atoms with Crippen LogP contribution in [0.3, 0.4) is 0 Å². The topological polar surface area (TPSA) is 87.8 Å². The molecule has 1 aliphatic rings. The van der Waals surface area contributed by atoms with Gasteiger partial charge in [0, 0.05) is 38.8 Å². The largest absolute Gasteiger partial charge is 0.493 e. The van der Waals surface area contributed by atoms with Crippen LogP contribution in [0.5, 0.6) is 11.5 Å².